The Labute approximate surface area is 118 Å². The van der Waals surface area contributed by atoms with Crippen molar-refractivity contribution in [2.24, 2.45) is 5.41 Å². The molecule has 1 aromatic rings. The van der Waals surface area contributed by atoms with Gasteiger partial charge in [0.25, 0.3) is 0 Å². The van der Waals surface area contributed by atoms with Crippen molar-refractivity contribution in [1.82, 2.24) is 20.1 Å². The summed E-state index contributed by atoms with van der Waals surface area (Å²) in [5.41, 5.74) is 0.280. The minimum atomic E-state index is 0.280. The largest absolute Gasteiger partial charge is 0.316 e. The predicted octanol–water partition coefficient (Wildman–Crippen LogP) is 3.04. The second kappa shape index (κ2) is 8.31. The predicted molar refractivity (Wildman–Crippen MR) is 80.2 cm³/mol. The van der Waals surface area contributed by atoms with E-state index in [1.807, 2.05) is 0 Å². The van der Waals surface area contributed by atoms with Crippen molar-refractivity contribution >= 4 is 0 Å². The molecule has 0 radical (unpaired) electrons. The molecule has 0 amide bonds. The van der Waals surface area contributed by atoms with Gasteiger partial charge in [0.15, 0.2) is 0 Å². The molecular formula is C15H30N4. The lowest BCUT2D eigenvalue weighted by Gasteiger charge is -2.29. The van der Waals surface area contributed by atoms with Crippen molar-refractivity contribution in [1.29, 1.82) is 0 Å². The molecular weight excluding hydrogens is 236 g/mol. The zero-order chi connectivity index (χ0) is 14.1. The number of aromatic nitrogens is 3. The SMILES string of the molecule is CCCNCC(C)(CCC)Cc1ncnn1CCC. The van der Waals surface area contributed by atoms with Gasteiger partial charge in [0.1, 0.15) is 12.2 Å². The Kier molecular flexibility index (Phi) is 7.06. The molecule has 110 valence electrons. The molecule has 0 fully saturated rings. The van der Waals surface area contributed by atoms with Gasteiger partial charge in [0.2, 0.25) is 0 Å². The maximum absolute atomic E-state index is 4.45. The Hall–Kier alpha value is -0.900. The van der Waals surface area contributed by atoms with E-state index in [0.29, 0.717) is 0 Å². The Bertz CT molecular complexity index is 348. The average molecular weight is 266 g/mol. The summed E-state index contributed by atoms with van der Waals surface area (Å²) in [6.45, 7) is 12.1. The van der Waals surface area contributed by atoms with E-state index in [-0.39, 0.29) is 5.41 Å². The van der Waals surface area contributed by atoms with E-state index in [1.54, 1.807) is 6.33 Å². The van der Waals surface area contributed by atoms with E-state index in [9.17, 15) is 0 Å². The molecule has 0 spiro atoms. The number of hydrogen-bond donors (Lipinski definition) is 1. The Morgan fingerprint density at radius 2 is 2.00 bits per heavy atom. The number of rotatable bonds is 10. The summed E-state index contributed by atoms with van der Waals surface area (Å²) in [6.07, 6.45) is 7.44. The lowest BCUT2D eigenvalue weighted by molar-refractivity contribution is 0.265. The average Bonchev–Trinajstić information content (AvgIpc) is 2.77. The van der Waals surface area contributed by atoms with Crippen LogP contribution in [0.25, 0.3) is 0 Å². The van der Waals surface area contributed by atoms with Gasteiger partial charge in [-0.05, 0) is 31.2 Å². The summed E-state index contributed by atoms with van der Waals surface area (Å²) < 4.78 is 2.06. The molecule has 0 aliphatic carbocycles. The monoisotopic (exact) mass is 266 g/mol. The zero-order valence-electron chi connectivity index (χ0n) is 13.1. The minimum absolute atomic E-state index is 0.280. The van der Waals surface area contributed by atoms with Crippen LogP contribution < -0.4 is 5.32 Å². The molecule has 1 N–H and O–H groups in total. The molecule has 0 saturated carbocycles. The summed E-state index contributed by atoms with van der Waals surface area (Å²) >= 11 is 0. The maximum atomic E-state index is 4.45. The fraction of sp³-hybridized carbons (Fsp3) is 0.867. The second-order valence-corrected chi connectivity index (χ2v) is 5.81. The molecule has 1 rings (SSSR count). The van der Waals surface area contributed by atoms with Gasteiger partial charge in [-0.25, -0.2) is 4.98 Å². The molecule has 1 unspecified atom stereocenters. The summed E-state index contributed by atoms with van der Waals surface area (Å²) in [4.78, 5) is 4.45. The van der Waals surface area contributed by atoms with Crippen molar-refractivity contribution in [3.8, 4) is 0 Å². The van der Waals surface area contributed by atoms with Gasteiger partial charge in [-0.2, -0.15) is 5.10 Å². The highest BCUT2D eigenvalue weighted by Crippen LogP contribution is 2.26. The van der Waals surface area contributed by atoms with Gasteiger partial charge in [0, 0.05) is 19.5 Å². The highest BCUT2D eigenvalue weighted by molar-refractivity contribution is 4.93. The van der Waals surface area contributed by atoms with Crippen LogP contribution in [-0.4, -0.2) is 27.9 Å². The van der Waals surface area contributed by atoms with Crippen molar-refractivity contribution in [2.75, 3.05) is 13.1 Å². The van der Waals surface area contributed by atoms with Gasteiger partial charge in [-0.15, -0.1) is 0 Å². The quantitative estimate of drug-likeness (QED) is 0.662. The van der Waals surface area contributed by atoms with Gasteiger partial charge in [-0.3, -0.25) is 4.68 Å². The Balaban J connectivity index is 2.67. The van der Waals surface area contributed by atoms with Crippen molar-refractivity contribution in [2.45, 2.75) is 66.3 Å². The summed E-state index contributed by atoms with van der Waals surface area (Å²) in [5.74, 6) is 1.14. The van der Waals surface area contributed by atoms with Gasteiger partial charge in [-0.1, -0.05) is 34.1 Å². The fourth-order valence-electron chi connectivity index (χ4n) is 2.62. The zero-order valence-corrected chi connectivity index (χ0v) is 13.1. The second-order valence-electron chi connectivity index (χ2n) is 5.81. The molecule has 4 heteroatoms. The smallest absolute Gasteiger partial charge is 0.138 e. The van der Waals surface area contributed by atoms with Crippen molar-refractivity contribution < 1.29 is 0 Å². The van der Waals surface area contributed by atoms with Crippen LogP contribution >= 0.6 is 0 Å². The number of nitrogens with one attached hydrogen (secondary N) is 1. The molecule has 19 heavy (non-hydrogen) atoms. The Morgan fingerprint density at radius 1 is 1.21 bits per heavy atom. The first-order chi connectivity index (χ1) is 9.15. The molecule has 4 nitrogen and oxygen atoms in total. The Morgan fingerprint density at radius 3 is 2.63 bits per heavy atom. The highest BCUT2D eigenvalue weighted by atomic mass is 15.3. The first-order valence-electron chi connectivity index (χ1n) is 7.72. The molecule has 1 atom stereocenters. The number of aryl methyl sites for hydroxylation is 1. The van der Waals surface area contributed by atoms with E-state index in [2.05, 4.69) is 47.8 Å². The minimum Gasteiger partial charge on any atom is -0.316 e. The van der Waals surface area contributed by atoms with Crippen LogP contribution in [0.1, 0.15) is 59.2 Å². The van der Waals surface area contributed by atoms with Gasteiger partial charge < -0.3 is 5.32 Å². The van der Waals surface area contributed by atoms with E-state index >= 15 is 0 Å². The van der Waals surface area contributed by atoms with Crippen LogP contribution in [0.2, 0.25) is 0 Å². The van der Waals surface area contributed by atoms with Crippen LogP contribution in [0.5, 0.6) is 0 Å². The molecule has 0 aliphatic heterocycles. The highest BCUT2D eigenvalue weighted by Gasteiger charge is 2.25. The van der Waals surface area contributed by atoms with Crippen molar-refractivity contribution in [3.63, 3.8) is 0 Å². The van der Waals surface area contributed by atoms with Crippen LogP contribution in [-0.2, 0) is 13.0 Å². The van der Waals surface area contributed by atoms with E-state index in [0.717, 1.165) is 38.3 Å². The lowest BCUT2D eigenvalue weighted by Crippen LogP contribution is -2.35. The van der Waals surface area contributed by atoms with Crippen LogP contribution in [0.3, 0.4) is 0 Å². The third-order valence-corrected chi connectivity index (χ3v) is 3.55. The topological polar surface area (TPSA) is 42.7 Å². The molecule has 0 bridgehead atoms. The molecule has 0 aromatic carbocycles. The number of nitrogens with zero attached hydrogens (tertiary/aromatic N) is 3. The fourth-order valence-corrected chi connectivity index (χ4v) is 2.62. The summed E-state index contributed by atoms with van der Waals surface area (Å²) in [6, 6.07) is 0. The van der Waals surface area contributed by atoms with Crippen LogP contribution in [0.4, 0.5) is 0 Å². The molecule has 1 aromatic heterocycles. The first kappa shape index (κ1) is 16.2. The first-order valence-corrected chi connectivity index (χ1v) is 7.72. The maximum Gasteiger partial charge on any atom is 0.138 e. The van der Waals surface area contributed by atoms with E-state index < -0.39 is 0 Å². The molecule has 0 aliphatic rings. The van der Waals surface area contributed by atoms with Crippen LogP contribution in [0, 0.1) is 5.41 Å². The summed E-state index contributed by atoms with van der Waals surface area (Å²) in [7, 11) is 0. The van der Waals surface area contributed by atoms with E-state index in [1.165, 1.54) is 19.3 Å². The third kappa shape index (κ3) is 5.31. The molecule has 0 saturated heterocycles. The van der Waals surface area contributed by atoms with E-state index in [4.69, 9.17) is 0 Å². The lowest BCUT2D eigenvalue weighted by atomic mass is 9.81. The third-order valence-electron chi connectivity index (χ3n) is 3.55. The normalized spacial score (nSPS) is 14.5. The molecule has 1 heterocycles. The summed E-state index contributed by atoms with van der Waals surface area (Å²) in [5, 5.41) is 7.90. The standard InChI is InChI=1S/C15H30N4/c1-5-8-15(4,12-16-9-6-2)11-14-17-13-18-19(14)10-7-3/h13,16H,5-12H2,1-4H3. The number of hydrogen-bond acceptors (Lipinski definition) is 3. The van der Waals surface area contributed by atoms with Crippen LogP contribution in [0.15, 0.2) is 6.33 Å². The van der Waals surface area contributed by atoms with Crippen molar-refractivity contribution in [3.05, 3.63) is 12.2 Å². The van der Waals surface area contributed by atoms with Gasteiger partial charge >= 0.3 is 0 Å². The van der Waals surface area contributed by atoms with Gasteiger partial charge in [0.05, 0.1) is 0 Å².